The highest BCUT2D eigenvalue weighted by Gasteiger charge is 2.30. The molecule has 2 fully saturated rings. The van der Waals surface area contributed by atoms with Crippen molar-refractivity contribution in [3.05, 3.63) is 65.5 Å². The first-order chi connectivity index (χ1) is 15.0. The molecule has 2 aliphatic rings. The Labute approximate surface area is 178 Å². The molecule has 8 heteroatoms. The summed E-state index contributed by atoms with van der Waals surface area (Å²) in [6, 6.07) is 6.78. The zero-order valence-electron chi connectivity index (χ0n) is 17.0. The zero-order valence-corrected chi connectivity index (χ0v) is 17.0. The molecule has 1 saturated heterocycles. The van der Waals surface area contributed by atoms with Gasteiger partial charge in [-0.05, 0) is 62.4 Å². The monoisotopic (exact) mass is 426 g/mol. The van der Waals surface area contributed by atoms with Crippen molar-refractivity contribution in [3.63, 3.8) is 0 Å². The van der Waals surface area contributed by atoms with Gasteiger partial charge in [-0.3, -0.25) is 4.79 Å². The van der Waals surface area contributed by atoms with Gasteiger partial charge in [-0.15, -0.1) is 0 Å². The Balaban J connectivity index is 1.46. The van der Waals surface area contributed by atoms with Crippen LogP contribution in [0.1, 0.15) is 54.1 Å². The summed E-state index contributed by atoms with van der Waals surface area (Å²) < 4.78 is 29.8. The third-order valence-electron chi connectivity index (χ3n) is 6.45. The summed E-state index contributed by atoms with van der Waals surface area (Å²) in [5.74, 6) is -1.14. The Hall–Kier alpha value is -3.00. The molecule has 1 aliphatic heterocycles. The molecule has 1 amide bonds. The van der Waals surface area contributed by atoms with Gasteiger partial charge < -0.3 is 15.3 Å². The van der Waals surface area contributed by atoms with E-state index in [0.29, 0.717) is 29.6 Å². The molecule has 3 heterocycles. The first kappa shape index (κ1) is 19.9. The van der Waals surface area contributed by atoms with Crippen molar-refractivity contribution in [1.82, 2.24) is 14.9 Å². The number of benzene rings is 1. The molecule has 5 rings (SSSR count). The van der Waals surface area contributed by atoms with Crippen LogP contribution in [0.15, 0.2) is 42.7 Å². The number of hydrogen-bond donors (Lipinski definition) is 2. The second-order valence-electron chi connectivity index (χ2n) is 8.37. The number of pyridine rings is 1. The van der Waals surface area contributed by atoms with E-state index in [9.17, 15) is 18.7 Å². The van der Waals surface area contributed by atoms with Crippen molar-refractivity contribution in [2.75, 3.05) is 11.4 Å². The fourth-order valence-electron chi connectivity index (χ4n) is 4.85. The summed E-state index contributed by atoms with van der Waals surface area (Å²) in [7, 11) is 0. The van der Waals surface area contributed by atoms with Crippen molar-refractivity contribution in [1.29, 1.82) is 0 Å². The van der Waals surface area contributed by atoms with E-state index in [1.54, 1.807) is 10.7 Å². The molecular formula is C23H24F2N4O2. The van der Waals surface area contributed by atoms with Crippen molar-refractivity contribution >= 4 is 17.1 Å². The van der Waals surface area contributed by atoms with E-state index in [1.807, 2.05) is 17.0 Å². The highest BCUT2D eigenvalue weighted by molar-refractivity contribution is 6.01. The summed E-state index contributed by atoms with van der Waals surface area (Å²) in [5.41, 5.74) is 2.23. The maximum atomic E-state index is 14.4. The van der Waals surface area contributed by atoms with Gasteiger partial charge in [0.25, 0.3) is 5.91 Å². The molecule has 31 heavy (non-hydrogen) atoms. The molecule has 1 unspecified atom stereocenters. The standard InChI is InChI=1S/C23H24F2N4O2/c24-14-6-7-18(25)16(11-14)20-4-2-9-28(20)15-8-10-29-21(12-15)17(13-26-29)23(31)27-19-3-1-5-22(19)30/h6-8,10-13,19-20,22,30H,1-5,9H2,(H,27,31)/t19-,20?,22-/m1/s1. The van der Waals surface area contributed by atoms with Crippen molar-refractivity contribution in [3.8, 4) is 0 Å². The SMILES string of the molecule is O=C(N[C@@H]1CCC[C@H]1O)c1cnn2ccc(N3CCCC3c3cc(F)ccc3F)cc12. The largest absolute Gasteiger partial charge is 0.391 e. The first-order valence-electron chi connectivity index (χ1n) is 10.7. The predicted molar refractivity (Wildman–Crippen MR) is 112 cm³/mol. The Kier molecular flexibility index (Phi) is 5.09. The fraction of sp³-hybridized carbons (Fsp3) is 0.391. The average Bonchev–Trinajstić information content (AvgIpc) is 3.49. The van der Waals surface area contributed by atoms with Gasteiger partial charge in [-0.2, -0.15) is 5.10 Å². The van der Waals surface area contributed by atoms with E-state index < -0.39 is 17.7 Å². The number of fused-ring (bicyclic) bond motifs is 1. The van der Waals surface area contributed by atoms with Gasteiger partial charge in [0.2, 0.25) is 0 Å². The molecule has 6 nitrogen and oxygen atoms in total. The number of anilines is 1. The minimum absolute atomic E-state index is 0.246. The van der Waals surface area contributed by atoms with Crippen LogP contribution in [-0.2, 0) is 0 Å². The van der Waals surface area contributed by atoms with Crippen LogP contribution in [0.25, 0.3) is 5.52 Å². The number of nitrogens with one attached hydrogen (secondary N) is 1. The lowest BCUT2D eigenvalue weighted by Crippen LogP contribution is -2.39. The number of nitrogens with zero attached hydrogens (tertiary/aromatic N) is 3. The number of halogens is 2. The molecule has 1 saturated carbocycles. The van der Waals surface area contributed by atoms with E-state index in [2.05, 4.69) is 10.4 Å². The van der Waals surface area contributed by atoms with E-state index in [1.165, 1.54) is 18.3 Å². The summed E-state index contributed by atoms with van der Waals surface area (Å²) in [5, 5.41) is 17.2. The highest BCUT2D eigenvalue weighted by atomic mass is 19.1. The molecule has 0 bridgehead atoms. The molecule has 1 aliphatic carbocycles. The molecule has 0 radical (unpaired) electrons. The van der Waals surface area contributed by atoms with Crippen molar-refractivity contribution in [2.45, 2.75) is 50.3 Å². The number of aliphatic hydroxyl groups is 1. The minimum atomic E-state index is -0.520. The summed E-state index contributed by atoms with van der Waals surface area (Å²) in [6.45, 7) is 0.709. The number of aliphatic hydroxyl groups excluding tert-OH is 1. The molecule has 2 N–H and O–H groups in total. The lowest BCUT2D eigenvalue weighted by molar-refractivity contribution is 0.0875. The van der Waals surface area contributed by atoms with Crippen LogP contribution in [0, 0.1) is 11.6 Å². The van der Waals surface area contributed by atoms with Gasteiger partial charge in [-0.1, -0.05) is 0 Å². The van der Waals surface area contributed by atoms with Crippen molar-refractivity contribution in [2.24, 2.45) is 0 Å². The van der Waals surface area contributed by atoms with Crippen LogP contribution in [0.3, 0.4) is 0 Å². The molecule has 3 aromatic rings. The topological polar surface area (TPSA) is 69.9 Å². The van der Waals surface area contributed by atoms with Gasteiger partial charge in [-0.25, -0.2) is 13.3 Å². The Morgan fingerprint density at radius 1 is 1.13 bits per heavy atom. The molecule has 162 valence electrons. The summed E-state index contributed by atoms with van der Waals surface area (Å²) in [4.78, 5) is 14.9. The number of aromatic nitrogens is 2. The van der Waals surface area contributed by atoms with Crippen LogP contribution < -0.4 is 10.2 Å². The second-order valence-corrected chi connectivity index (χ2v) is 8.37. The second kappa shape index (κ2) is 7.92. The third kappa shape index (κ3) is 3.65. The van der Waals surface area contributed by atoms with Crippen LogP contribution in [0.2, 0.25) is 0 Å². The van der Waals surface area contributed by atoms with Gasteiger partial charge in [0.1, 0.15) is 11.6 Å². The van der Waals surface area contributed by atoms with E-state index in [0.717, 1.165) is 37.4 Å². The highest BCUT2D eigenvalue weighted by Crippen LogP contribution is 2.38. The smallest absolute Gasteiger partial charge is 0.255 e. The van der Waals surface area contributed by atoms with Crippen LogP contribution in [0.4, 0.5) is 14.5 Å². The summed E-state index contributed by atoms with van der Waals surface area (Å²) >= 11 is 0. The maximum Gasteiger partial charge on any atom is 0.255 e. The molecular weight excluding hydrogens is 402 g/mol. The van der Waals surface area contributed by atoms with Gasteiger partial charge in [0.05, 0.1) is 35.5 Å². The van der Waals surface area contributed by atoms with Gasteiger partial charge in [0, 0.05) is 24.0 Å². The number of rotatable bonds is 4. The zero-order chi connectivity index (χ0) is 21.5. The normalized spacial score (nSPS) is 23.6. The minimum Gasteiger partial charge on any atom is -0.391 e. The predicted octanol–water partition coefficient (Wildman–Crippen LogP) is 3.60. The van der Waals surface area contributed by atoms with Crippen LogP contribution in [0.5, 0.6) is 0 Å². The van der Waals surface area contributed by atoms with E-state index in [-0.39, 0.29) is 18.0 Å². The first-order valence-corrected chi connectivity index (χ1v) is 10.7. The van der Waals surface area contributed by atoms with Crippen molar-refractivity contribution < 1.29 is 18.7 Å². The van der Waals surface area contributed by atoms with Crippen LogP contribution in [-0.4, -0.2) is 39.3 Å². The van der Waals surface area contributed by atoms with Crippen LogP contribution >= 0.6 is 0 Å². The van der Waals surface area contributed by atoms with Gasteiger partial charge in [0.15, 0.2) is 0 Å². The van der Waals surface area contributed by atoms with Gasteiger partial charge >= 0.3 is 0 Å². The Morgan fingerprint density at radius 3 is 2.81 bits per heavy atom. The average molecular weight is 426 g/mol. The lowest BCUT2D eigenvalue weighted by Gasteiger charge is -2.27. The fourth-order valence-corrected chi connectivity index (χ4v) is 4.85. The number of carbonyl (C=O) groups is 1. The number of carbonyl (C=O) groups excluding carboxylic acids is 1. The molecule has 2 aromatic heterocycles. The Bertz CT molecular complexity index is 1130. The third-order valence-corrected chi connectivity index (χ3v) is 6.45. The van der Waals surface area contributed by atoms with E-state index >= 15 is 0 Å². The quantitative estimate of drug-likeness (QED) is 0.669. The summed E-state index contributed by atoms with van der Waals surface area (Å²) in [6.07, 6.45) is 6.68. The number of hydrogen-bond acceptors (Lipinski definition) is 4. The Morgan fingerprint density at radius 2 is 2.00 bits per heavy atom. The number of amides is 1. The van der Waals surface area contributed by atoms with E-state index in [4.69, 9.17) is 0 Å². The lowest BCUT2D eigenvalue weighted by atomic mass is 10.0. The molecule has 3 atom stereocenters. The molecule has 1 aromatic carbocycles. The maximum absolute atomic E-state index is 14.4. The molecule has 0 spiro atoms.